The van der Waals surface area contributed by atoms with Gasteiger partial charge >= 0.3 is 5.03 Å². The first kappa shape index (κ1) is 9.98. The van der Waals surface area contributed by atoms with Crippen molar-refractivity contribution in [2.75, 3.05) is 6.61 Å². The second-order valence-corrected chi connectivity index (χ2v) is 3.00. The van der Waals surface area contributed by atoms with Gasteiger partial charge in [-0.3, -0.25) is 0 Å². The molecule has 0 saturated carbocycles. The third kappa shape index (κ3) is 3.02. The lowest BCUT2D eigenvalue weighted by Crippen LogP contribution is -2.33. The summed E-state index contributed by atoms with van der Waals surface area (Å²) in [5, 5.41) is 14.6. The van der Waals surface area contributed by atoms with Crippen molar-refractivity contribution in [2.24, 2.45) is 0 Å². The molecular weight excluding hydrogens is 188 g/mol. The van der Waals surface area contributed by atoms with E-state index in [1.165, 1.54) is 6.07 Å². The molecule has 0 aliphatic rings. The molecule has 1 aromatic rings. The summed E-state index contributed by atoms with van der Waals surface area (Å²) >= 11 is 4.68. The van der Waals surface area contributed by atoms with Crippen molar-refractivity contribution in [3.63, 3.8) is 0 Å². The van der Waals surface area contributed by atoms with Gasteiger partial charge in [-0.25, -0.2) is 0 Å². The molecule has 71 valence electrons. The van der Waals surface area contributed by atoms with Gasteiger partial charge in [0.1, 0.15) is 0 Å². The summed E-state index contributed by atoms with van der Waals surface area (Å²) in [4.78, 5) is 0.386. The van der Waals surface area contributed by atoms with Gasteiger partial charge in [-0.05, 0) is 23.9 Å². The molecule has 1 rings (SSSR count). The normalized spacial score (nSPS) is 9.92. The van der Waals surface area contributed by atoms with Crippen molar-refractivity contribution in [1.29, 1.82) is 0 Å². The van der Waals surface area contributed by atoms with Crippen molar-refractivity contribution in [3.8, 4) is 5.88 Å². The number of aromatic nitrogens is 2. The van der Waals surface area contributed by atoms with Crippen LogP contribution in [0.5, 0.6) is 5.88 Å². The highest BCUT2D eigenvalue weighted by Crippen LogP contribution is 2.06. The van der Waals surface area contributed by atoms with Gasteiger partial charge in [-0.2, -0.15) is 0 Å². The highest BCUT2D eigenvalue weighted by Gasteiger charge is 2.05. The molecule has 1 aromatic heterocycles. The molecule has 0 saturated heterocycles. The first-order valence-electron chi connectivity index (χ1n) is 4.14. The Morgan fingerprint density at radius 3 is 3.00 bits per heavy atom. The Morgan fingerprint density at radius 2 is 2.38 bits per heavy atom. The number of rotatable bonds is 4. The van der Waals surface area contributed by atoms with Gasteiger partial charge in [-0.15, -0.1) is 0 Å². The zero-order chi connectivity index (χ0) is 9.68. The number of nitrogens with zero attached hydrogens (tertiary/aromatic N) is 2. The molecule has 0 unspecified atom stereocenters. The van der Waals surface area contributed by atoms with Crippen molar-refractivity contribution in [2.45, 2.75) is 24.8 Å². The third-order valence-electron chi connectivity index (χ3n) is 1.49. The van der Waals surface area contributed by atoms with Crippen LogP contribution < -0.4 is 9.58 Å². The zero-order valence-corrected chi connectivity index (χ0v) is 8.21. The first-order chi connectivity index (χ1) is 6.24. The molecule has 0 amide bonds. The molecule has 0 spiro atoms. The van der Waals surface area contributed by atoms with Crippen LogP contribution >= 0.6 is 12.6 Å². The van der Waals surface area contributed by atoms with Crippen LogP contribution in [-0.2, 0) is 0 Å². The largest absolute Gasteiger partial charge is 0.593 e. The van der Waals surface area contributed by atoms with E-state index in [-0.39, 0.29) is 5.03 Å². The van der Waals surface area contributed by atoms with E-state index in [9.17, 15) is 5.21 Å². The molecule has 0 aliphatic heterocycles. The number of hydrogen-bond acceptors (Lipinski definition) is 3. The van der Waals surface area contributed by atoms with Crippen LogP contribution in [0.15, 0.2) is 17.2 Å². The highest BCUT2D eigenvalue weighted by atomic mass is 32.1. The summed E-state index contributed by atoms with van der Waals surface area (Å²) < 4.78 is 5.20. The fraction of sp³-hybridized carbons (Fsp3) is 0.500. The van der Waals surface area contributed by atoms with Gasteiger partial charge in [0.15, 0.2) is 0 Å². The van der Waals surface area contributed by atoms with Crippen molar-refractivity contribution >= 4 is 12.6 Å². The minimum Gasteiger partial charge on any atom is -0.593 e. The number of unbranched alkanes of at least 4 members (excludes halogenated alkanes) is 1. The second-order valence-electron chi connectivity index (χ2n) is 2.58. The molecule has 0 bridgehead atoms. The molecule has 0 aromatic carbocycles. The minimum absolute atomic E-state index is 0.155. The monoisotopic (exact) mass is 199 g/mol. The Hall–Kier alpha value is -1.10. The van der Waals surface area contributed by atoms with Crippen LogP contribution in [0.2, 0.25) is 0 Å². The van der Waals surface area contributed by atoms with E-state index in [2.05, 4.69) is 24.7 Å². The highest BCUT2D eigenvalue weighted by molar-refractivity contribution is 7.80. The standard InChI is InChI=1S/C8H11N2O2S/c1-2-3-6-12-7-4-5-8(13)10(11)9-7/h4-5H,2-3,6H2,1H3. The summed E-state index contributed by atoms with van der Waals surface area (Å²) in [6.45, 7) is 2.65. The van der Waals surface area contributed by atoms with E-state index < -0.39 is 0 Å². The maximum atomic E-state index is 10.9. The SMILES string of the molecule is CCCCOc1ccc([S])[n+]([O-])n1. The Bertz CT molecular complexity index is 281. The predicted molar refractivity (Wildman–Crippen MR) is 49.5 cm³/mol. The quantitative estimate of drug-likeness (QED) is 0.419. The van der Waals surface area contributed by atoms with Crippen LogP contribution in [0.3, 0.4) is 0 Å². The van der Waals surface area contributed by atoms with Crippen LogP contribution in [-0.4, -0.2) is 11.7 Å². The molecule has 13 heavy (non-hydrogen) atoms. The summed E-state index contributed by atoms with van der Waals surface area (Å²) in [6, 6.07) is 3.11. The van der Waals surface area contributed by atoms with E-state index in [4.69, 9.17) is 4.74 Å². The zero-order valence-electron chi connectivity index (χ0n) is 7.40. The van der Waals surface area contributed by atoms with E-state index in [1.807, 2.05) is 0 Å². The molecule has 1 radical (unpaired) electrons. The lowest BCUT2D eigenvalue weighted by atomic mass is 10.4. The van der Waals surface area contributed by atoms with Crippen molar-refractivity contribution in [1.82, 2.24) is 5.10 Å². The van der Waals surface area contributed by atoms with Crippen LogP contribution in [0.4, 0.5) is 0 Å². The number of hydrogen-bond donors (Lipinski definition) is 0. The van der Waals surface area contributed by atoms with Crippen LogP contribution in [0.25, 0.3) is 0 Å². The van der Waals surface area contributed by atoms with Gasteiger partial charge in [0.25, 0.3) is 5.88 Å². The first-order valence-corrected chi connectivity index (χ1v) is 4.55. The summed E-state index contributed by atoms with van der Waals surface area (Å²) in [5.41, 5.74) is 0. The van der Waals surface area contributed by atoms with Gasteiger partial charge in [0.05, 0.1) is 11.7 Å². The van der Waals surface area contributed by atoms with Gasteiger partial charge in [0.2, 0.25) is 0 Å². The average Bonchev–Trinajstić information content (AvgIpc) is 2.12. The smallest absolute Gasteiger partial charge is 0.310 e. The minimum atomic E-state index is 0.155. The molecule has 4 nitrogen and oxygen atoms in total. The fourth-order valence-corrected chi connectivity index (χ4v) is 0.885. The Morgan fingerprint density at radius 1 is 1.62 bits per heavy atom. The molecule has 5 heteroatoms. The summed E-state index contributed by atoms with van der Waals surface area (Å²) in [5.74, 6) is 0.331. The maximum absolute atomic E-state index is 10.9. The molecular formula is C8H11N2O2S. The molecule has 0 aliphatic carbocycles. The molecule has 0 N–H and O–H groups in total. The summed E-state index contributed by atoms with van der Waals surface area (Å²) in [6.07, 6.45) is 2.01. The Kier molecular flexibility index (Phi) is 3.70. The van der Waals surface area contributed by atoms with Crippen molar-refractivity contribution < 1.29 is 9.58 Å². The topological polar surface area (TPSA) is 49.1 Å². The van der Waals surface area contributed by atoms with E-state index in [0.29, 0.717) is 17.3 Å². The van der Waals surface area contributed by atoms with E-state index in [1.54, 1.807) is 6.07 Å². The van der Waals surface area contributed by atoms with Crippen LogP contribution in [0.1, 0.15) is 19.8 Å². The maximum Gasteiger partial charge on any atom is 0.310 e. The predicted octanol–water partition coefficient (Wildman–Crippen LogP) is 1.45. The molecule has 0 fully saturated rings. The number of ether oxygens (including phenoxy) is 1. The molecule has 0 atom stereocenters. The Labute approximate surface area is 82.5 Å². The fourth-order valence-electron chi connectivity index (χ4n) is 0.777. The average molecular weight is 199 g/mol. The van der Waals surface area contributed by atoms with Gasteiger partial charge in [0, 0.05) is 12.1 Å². The lowest BCUT2D eigenvalue weighted by molar-refractivity contribution is -0.706. The third-order valence-corrected chi connectivity index (χ3v) is 1.79. The Balaban J connectivity index is 2.53. The van der Waals surface area contributed by atoms with Gasteiger partial charge < -0.3 is 9.94 Å². The van der Waals surface area contributed by atoms with E-state index >= 15 is 0 Å². The lowest BCUT2D eigenvalue weighted by Gasteiger charge is -2.02. The molecule has 1 heterocycles. The van der Waals surface area contributed by atoms with E-state index in [0.717, 1.165) is 12.8 Å². The summed E-state index contributed by atoms with van der Waals surface area (Å²) in [7, 11) is 0. The van der Waals surface area contributed by atoms with Gasteiger partial charge in [-0.1, -0.05) is 13.3 Å². The second kappa shape index (κ2) is 4.81. The van der Waals surface area contributed by atoms with Crippen LogP contribution in [0, 0.1) is 5.21 Å². The van der Waals surface area contributed by atoms with Crippen molar-refractivity contribution in [3.05, 3.63) is 17.3 Å².